The highest BCUT2D eigenvalue weighted by Gasteiger charge is 2.26. The van der Waals surface area contributed by atoms with Crippen molar-refractivity contribution in [2.75, 3.05) is 35.7 Å². The van der Waals surface area contributed by atoms with Crippen molar-refractivity contribution < 1.29 is 9.53 Å². The normalized spacial score (nSPS) is 13.3. The third-order valence-corrected chi connectivity index (χ3v) is 4.11. The number of nitrogens with one attached hydrogen (secondary N) is 2. The predicted molar refractivity (Wildman–Crippen MR) is 100 cm³/mol. The summed E-state index contributed by atoms with van der Waals surface area (Å²) in [7, 11) is 1.59. The Morgan fingerprint density at radius 3 is 3.00 bits per heavy atom. The lowest BCUT2D eigenvalue weighted by Crippen LogP contribution is -2.35. The molecule has 0 atom stereocenters. The van der Waals surface area contributed by atoms with Crippen LogP contribution in [-0.4, -0.2) is 41.1 Å². The van der Waals surface area contributed by atoms with Gasteiger partial charge in [0.2, 0.25) is 11.9 Å². The number of fused-ring (bicyclic) bond motifs is 2. The second kappa shape index (κ2) is 6.47. The van der Waals surface area contributed by atoms with Crippen molar-refractivity contribution >= 4 is 40.1 Å². The van der Waals surface area contributed by atoms with Crippen LogP contribution < -0.4 is 20.3 Å². The van der Waals surface area contributed by atoms with E-state index in [9.17, 15) is 4.79 Å². The van der Waals surface area contributed by atoms with Crippen LogP contribution in [0.25, 0.3) is 11.0 Å². The van der Waals surface area contributed by atoms with Crippen LogP contribution >= 0.6 is 0 Å². The van der Waals surface area contributed by atoms with E-state index in [4.69, 9.17) is 4.74 Å². The lowest BCUT2D eigenvalue weighted by molar-refractivity contribution is -0.115. The third kappa shape index (κ3) is 2.75. The Kier molecular flexibility index (Phi) is 4.00. The Morgan fingerprint density at radius 1 is 1.31 bits per heavy atom. The fourth-order valence-corrected chi connectivity index (χ4v) is 2.97. The molecule has 3 aromatic rings. The summed E-state index contributed by atoms with van der Waals surface area (Å²) in [5, 5.41) is 6.79. The van der Waals surface area contributed by atoms with E-state index in [1.165, 1.54) is 0 Å². The maximum Gasteiger partial charge on any atom is 0.244 e. The van der Waals surface area contributed by atoms with Gasteiger partial charge in [-0.25, -0.2) is 4.98 Å². The minimum atomic E-state index is -0.119. The summed E-state index contributed by atoms with van der Waals surface area (Å²) < 4.78 is 5.26. The standard InChI is InChI=1S/C18H18N6O2/c1-3-19-18-22-16-12(5-4-8-20-16)17(23-18)24-10-15(25)21-13-9-11(26-2)6-7-14(13)24/h4-9H,3,10H2,1-2H3,(H,21,25)(H,19,20,22,23). The highest BCUT2D eigenvalue weighted by molar-refractivity contribution is 6.05. The summed E-state index contributed by atoms with van der Waals surface area (Å²) in [5.41, 5.74) is 2.10. The first kappa shape index (κ1) is 16.1. The topological polar surface area (TPSA) is 92.3 Å². The van der Waals surface area contributed by atoms with E-state index < -0.39 is 0 Å². The van der Waals surface area contributed by atoms with Gasteiger partial charge in [0.05, 0.1) is 23.9 Å². The van der Waals surface area contributed by atoms with Crippen LogP contribution in [0.2, 0.25) is 0 Å². The predicted octanol–water partition coefficient (Wildman–Crippen LogP) is 2.56. The number of carbonyl (C=O) groups is 1. The van der Waals surface area contributed by atoms with Crippen LogP contribution in [0.3, 0.4) is 0 Å². The zero-order valence-corrected chi connectivity index (χ0v) is 14.5. The number of carbonyl (C=O) groups excluding carboxylic acids is 1. The van der Waals surface area contributed by atoms with Crippen LogP contribution in [0.15, 0.2) is 36.5 Å². The van der Waals surface area contributed by atoms with Gasteiger partial charge < -0.3 is 20.3 Å². The Morgan fingerprint density at radius 2 is 2.19 bits per heavy atom. The number of anilines is 4. The molecule has 0 bridgehead atoms. The zero-order chi connectivity index (χ0) is 18.1. The van der Waals surface area contributed by atoms with Gasteiger partial charge in [0.25, 0.3) is 0 Å². The molecule has 3 heterocycles. The second-order valence-corrected chi connectivity index (χ2v) is 5.79. The Balaban J connectivity index is 1.91. The molecule has 26 heavy (non-hydrogen) atoms. The van der Waals surface area contributed by atoms with Crippen molar-refractivity contribution in [3.63, 3.8) is 0 Å². The van der Waals surface area contributed by atoms with Gasteiger partial charge in [0, 0.05) is 18.8 Å². The van der Waals surface area contributed by atoms with Gasteiger partial charge in [0.15, 0.2) is 5.65 Å². The number of amides is 1. The lowest BCUT2D eigenvalue weighted by atomic mass is 10.1. The summed E-state index contributed by atoms with van der Waals surface area (Å²) >= 11 is 0. The molecule has 0 saturated heterocycles. The van der Waals surface area contributed by atoms with Crippen molar-refractivity contribution in [2.24, 2.45) is 0 Å². The molecular weight excluding hydrogens is 332 g/mol. The molecule has 1 aromatic carbocycles. The summed E-state index contributed by atoms with van der Waals surface area (Å²) in [6, 6.07) is 9.30. The number of hydrogen-bond acceptors (Lipinski definition) is 7. The van der Waals surface area contributed by atoms with Gasteiger partial charge >= 0.3 is 0 Å². The number of benzene rings is 1. The average molecular weight is 350 g/mol. The maximum atomic E-state index is 12.3. The van der Waals surface area contributed by atoms with Gasteiger partial charge in [-0.15, -0.1) is 0 Å². The number of aromatic nitrogens is 3. The molecule has 1 aliphatic rings. The summed E-state index contributed by atoms with van der Waals surface area (Å²) in [4.78, 5) is 27.6. The van der Waals surface area contributed by atoms with Crippen LogP contribution in [0, 0.1) is 0 Å². The molecular formula is C18H18N6O2. The fraction of sp³-hybridized carbons (Fsp3) is 0.222. The van der Waals surface area contributed by atoms with E-state index in [1.54, 1.807) is 19.4 Å². The van der Waals surface area contributed by atoms with E-state index >= 15 is 0 Å². The van der Waals surface area contributed by atoms with E-state index in [-0.39, 0.29) is 12.5 Å². The first-order chi connectivity index (χ1) is 12.7. The summed E-state index contributed by atoms with van der Waals surface area (Å²) in [5.74, 6) is 1.68. The smallest absolute Gasteiger partial charge is 0.244 e. The van der Waals surface area contributed by atoms with Gasteiger partial charge in [0.1, 0.15) is 18.1 Å². The molecule has 2 aromatic heterocycles. The van der Waals surface area contributed by atoms with E-state index in [2.05, 4.69) is 25.6 Å². The molecule has 0 spiro atoms. The number of hydrogen-bond donors (Lipinski definition) is 2. The third-order valence-electron chi connectivity index (χ3n) is 4.11. The number of nitrogens with zero attached hydrogens (tertiary/aromatic N) is 4. The fourth-order valence-electron chi connectivity index (χ4n) is 2.97. The number of rotatable bonds is 4. The quantitative estimate of drug-likeness (QED) is 0.747. The van der Waals surface area contributed by atoms with Crippen molar-refractivity contribution in [1.29, 1.82) is 0 Å². The first-order valence-corrected chi connectivity index (χ1v) is 8.31. The first-order valence-electron chi connectivity index (χ1n) is 8.31. The SMILES string of the molecule is CCNc1nc(N2CC(=O)Nc3cc(OC)ccc32)c2cccnc2n1. The molecule has 1 amide bonds. The van der Waals surface area contributed by atoms with Crippen LogP contribution in [-0.2, 0) is 4.79 Å². The molecule has 2 N–H and O–H groups in total. The molecule has 0 unspecified atom stereocenters. The molecule has 1 aliphatic heterocycles. The lowest BCUT2D eigenvalue weighted by Gasteiger charge is -2.31. The largest absolute Gasteiger partial charge is 0.497 e. The van der Waals surface area contributed by atoms with Crippen molar-refractivity contribution in [1.82, 2.24) is 15.0 Å². The highest BCUT2D eigenvalue weighted by atomic mass is 16.5. The number of pyridine rings is 1. The maximum absolute atomic E-state index is 12.3. The number of methoxy groups -OCH3 is 1. The van der Waals surface area contributed by atoms with Gasteiger partial charge in [-0.2, -0.15) is 9.97 Å². The van der Waals surface area contributed by atoms with Gasteiger partial charge in [-0.3, -0.25) is 4.79 Å². The number of ether oxygens (including phenoxy) is 1. The molecule has 8 heteroatoms. The summed E-state index contributed by atoms with van der Waals surface area (Å²) in [6.07, 6.45) is 1.69. The van der Waals surface area contributed by atoms with Crippen LogP contribution in [0.5, 0.6) is 5.75 Å². The Labute approximate surface area is 150 Å². The average Bonchev–Trinajstić information content (AvgIpc) is 2.66. The minimum absolute atomic E-state index is 0.119. The van der Waals surface area contributed by atoms with Gasteiger partial charge in [-0.05, 0) is 31.2 Å². The van der Waals surface area contributed by atoms with Crippen LogP contribution in [0.1, 0.15) is 6.92 Å². The minimum Gasteiger partial charge on any atom is -0.497 e. The summed E-state index contributed by atoms with van der Waals surface area (Å²) in [6.45, 7) is 2.82. The molecule has 0 saturated carbocycles. The Hall–Kier alpha value is -3.42. The monoisotopic (exact) mass is 350 g/mol. The van der Waals surface area contributed by atoms with E-state index in [1.807, 2.05) is 36.1 Å². The van der Waals surface area contributed by atoms with Crippen molar-refractivity contribution in [3.8, 4) is 5.75 Å². The van der Waals surface area contributed by atoms with Crippen molar-refractivity contribution in [3.05, 3.63) is 36.5 Å². The molecule has 132 valence electrons. The van der Waals surface area contributed by atoms with Gasteiger partial charge in [-0.1, -0.05) is 0 Å². The molecule has 8 nitrogen and oxygen atoms in total. The van der Waals surface area contributed by atoms with E-state index in [0.29, 0.717) is 35.4 Å². The highest BCUT2D eigenvalue weighted by Crippen LogP contribution is 2.38. The zero-order valence-electron chi connectivity index (χ0n) is 14.5. The Bertz CT molecular complexity index is 991. The molecule has 4 rings (SSSR count). The molecule has 0 fully saturated rings. The second-order valence-electron chi connectivity index (χ2n) is 5.79. The van der Waals surface area contributed by atoms with Crippen LogP contribution in [0.4, 0.5) is 23.1 Å². The van der Waals surface area contributed by atoms with E-state index in [0.717, 1.165) is 11.1 Å². The van der Waals surface area contributed by atoms with Crippen molar-refractivity contribution in [2.45, 2.75) is 6.92 Å². The molecule has 0 aliphatic carbocycles. The molecule has 0 radical (unpaired) electrons.